The average molecular weight is 439 g/mol. The molecule has 0 aliphatic heterocycles. The van der Waals surface area contributed by atoms with Crippen molar-refractivity contribution in [1.82, 2.24) is 4.98 Å². The Balaban J connectivity index is 1.50. The van der Waals surface area contributed by atoms with Gasteiger partial charge in [-0.05, 0) is 37.3 Å². The Labute approximate surface area is 172 Å². The summed E-state index contributed by atoms with van der Waals surface area (Å²) >= 11 is 1.18. The smallest absolute Gasteiger partial charge is 0.422 e. The first-order valence-electron chi connectivity index (χ1n) is 8.59. The molecule has 1 aromatic carbocycles. The zero-order valence-electron chi connectivity index (χ0n) is 15.6. The highest BCUT2D eigenvalue weighted by Crippen LogP contribution is 2.21. The molecule has 0 fully saturated rings. The number of halogens is 3. The van der Waals surface area contributed by atoms with Crippen LogP contribution < -0.4 is 15.4 Å². The summed E-state index contributed by atoms with van der Waals surface area (Å²) in [6.07, 6.45) is -3.05. The van der Waals surface area contributed by atoms with Crippen molar-refractivity contribution in [3.05, 3.63) is 59.0 Å². The number of aryl methyl sites for hydroxylation is 1. The van der Waals surface area contributed by atoms with E-state index in [1.165, 1.54) is 41.9 Å². The van der Waals surface area contributed by atoms with Gasteiger partial charge in [0.15, 0.2) is 11.7 Å². The number of furan rings is 1. The van der Waals surface area contributed by atoms with Crippen molar-refractivity contribution in [1.29, 1.82) is 0 Å². The molecule has 0 bridgehead atoms. The van der Waals surface area contributed by atoms with Gasteiger partial charge < -0.3 is 14.5 Å². The molecule has 0 aliphatic rings. The van der Waals surface area contributed by atoms with Crippen LogP contribution in [0.25, 0.3) is 0 Å². The number of thiazole rings is 1. The number of rotatable bonds is 7. The third-order valence-corrected chi connectivity index (χ3v) is 4.56. The molecule has 158 valence electrons. The molecule has 3 aromatic rings. The Morgan fingerprint density at radius 3 is 2.53 bits per heavy atom. The molecular weight excluding hydrogens is 423 g/mol. The van der Waals surface area contributed by atoms with Gasteiger partial charge in [0.1, 0.15) is 11.5 Å². The summed E-state index contributed by atoms with van der Waals surface area (Å²) in [7, 11) is 0. The van der Waals surface area contributed by atoms with Crippen LogP contribution >= 0.6 is 11.3 Å². The number of alkyl halides is 3. The zero-order valence-corrected chi connectivity index (χ0v) is 16.4. The van der Waals surface area contributed by atoms with E-state index in [9.17, 15) is 22.8 Å². The monoisotopic (exact) mass is 439 g/mol. The van der Waals surface area contributed by atoms with Crippen LogP contribution in [0.15, 0.2) is 46.4 Å². The highest BCUT2D eigenvalue weighted by atomic mass is 32.1. The minimum absolute atomic E-state index is 0.0383. The second-order valence-electron chi connectivity index (χ2n) is 6.14. The maximum Gasteiger partial charge on any atom is 0.422 e. The van der Waals surface area contributed by atoms with E-state index < -0.39 is 12.8 Å². The first-order valence-corrected chi connectivity index (χ1v) is 9.47. The number of ether oxygens (including phenoxy) is 1. The number of aromatic nitrogens is 1. The first kappa shape index (κ1) is 21.4. The number of carbonyl (C=O) groups excluding carboxylic acids is 2. The van der Waals surface area contributed by atoms with E-state index in [1.54, 1.807) is 18.4 Å². The summed E-state index contributed by atoms with van der Waals surface area (Å²) in [4.78, 5) is 28.5. The predicted octanol–water partition coefficient (Wildman–Crippen LogP) is 4.42. The second kappa shape index (κ2) is 8.99. The minimum atomic E-state index is -4.42. The van der Waals surface area contributed by atoms with Crippen LogP contribution in [0.3, 0.4) is 0 Å². The SMILES string of the molecule is Cc1occc1C(=O)Nc1nc(CC(=O)Nc2ccc(OCC(F)(F)F)cc2)cs1. The van der Waals surface area contributed by atoms with Gasteiger partial charge in [-0.15, -0.1) is 11.3 Å². The summed E-state index contributed by atoms with van der Waals surface area (Å²) in [5.74, 6) is -0.205. The highest BCUT2D eigenvalue weighted by Gasteiger charge is 2.28. The Kier molecular flexibility index (Phi) is 6.40. The molecule has 0 saturated carbocycles. The average Bonchev–Trinajstić information content (AvgIpc) is 3.29. The molecule has 0 aliphatic carbocycles. The van der Waals surface area contributed by atoms with Crippen molar-refractivity contribution in [3.8, 4) is 5.75 Å². The van der Waals surface area contributed by atoms with E-state index in [2.05, 4.69) is 20.4 Å². The van der Waals surface area contributed by atoms with Crippen molar-refractivity contribution in [2.24, 2.45) is 0 Å². The molecule has 2 aromatic heterocycles. The molecule has 0 saturated heterocycles. The molecule has 2 N–H and O–H groups in total. The van der Waals surface area contributed by atoms with Gasteiger partial charge in [0, 0.05) is 11.1 Å². The maximum absolute atomic E-state index is 12.2. The molecule has 2 amide bonds. The largest absolute Gasteiger partial charge is 0.484 e. The molecule has 0 atom stereocenters. The first-order chi connectivity index (χ1) is 14.2. The fourth-order valence-corrected chi connectivity index (χ4v) is 3.11. The molecular formula is C19H16F3N3O4S. The molecule has 0 radical (unpaired) electrons. The number of anilines is 2. The van der Waals surface area contributed by atoms with Crippen LogP contribution in [0, 0.1) is 6.92 Å². The van der Waals surface area contributed by atoms with Gasteiger partial charge in [0.25, 0.3) is 5.91 Å². The van der Waals surface area contributed by atoms with Crippen LogP contribution in [0.2, 0.25) is 0 Å². The number of nitrogens with zero attached hydrogens (tertiary/aromatic N) is 1. The van der Waals surface area contributed by atoms with Crippen LogP contribution in [0.5, 0.6) is 5.75 Å². The van der Waals surface area contributed by atoms with E-state index in [-0.39, 0.29) is 24.0 Å². The lowest BCUT2D eigenvalue weighted by Crippen LogP contribution is -2.19. The van der Waals surface area contributed by atoms with Gasteiger partial charge in [-0.2, -0.15) is 13.2 Å². The molecule has 0 unspecified atom stereocenters. The van der Waals surface area contributed by atoms with Crippen molar-refractivity contribution in [3.63, 3.8) is 0 Å². The molecule has 0 spiro atoms. The van der Waals surface area contributed by atoms with Gasteiger partial charge in [0.2, 0.25) is 5.91 Å². The summed E-state index contributed by atoms with van der Waals surface area (Å²) in [6.45, 7) is 0.281. The molecule has 2 heterocycles. The zero-order chi connectivity index (χ0) is 21.7. The fraction of sp³-hybridized carbons (Fsp3) is 0.211. The quantitative estimate of drug-likeness (QED) is 0.569. The van der Waals surface area contributed by atoms with Gasteiger partial charge in [-0.3, -0.25) is 14.9 Å². The molecule has 30 heavy (non-hydrogen) atoms. The number of amides is 2. The van der Waals surface area contributed by atoms with Gasteiger partial charge in [0.05, 0.1) is 23.9 Å². The number of nitrogens with one attached hydrogen (secondary N) is 2. The third kappa shape index (κ3) is 6.08. The van der Waals surface area contributed by atoms with Crippen LogP contribution in [-0.2, 0) is 11.2 Å². The topological polar surface area (TPSA) is 93.5 Å². The number of carbonyl (C=O) groups is 2. The number of hydrogen-bond acceptors (Lipinski definition) is 6. The third-order valence-electron chi connectivity index (χ3n) is 3.76. The number of hydrogen-bond donors (Lipinski definition) is 2. The standard InChI is InChI=1S/C19H16F3N3O4S/c1-11-15(6-7-28-11)17(27)25-18-24-13(9-30-18)8-16(26)23-12-2-4-14(5-3-12)29-10-19(20,21)22/h2-7,9H,8,10H2,1H3,(H,23,26)(H,24,25,27). The van der Waals surface area contributed by atoms with Crippen molar-refractivity contribution in [2.45, 2.75) is 19.5 Å². The minimum Gasteiger partial charge on any atom is -0.484 e. The molecule has 11 heteroatoms. The van der Waals surface area contributed by atoms with Crippen LogP contribution in [-0.4, -0.2) is 29.6 Å². The summed E-state index contributed by atoms with van der Waals surface area (Å²) in [5, 5.41) is 7.24. The van der Waals surface area contributed by atoms with Crippen molar-refractivity contribution < 1.29 is 31.9 Å². The number of benzene rings is 1. The van der Waals surface area contributed by atoms with Crippen LogP contribution in [0.1, 0.15) is 21.8 Å². The molecule has 7 nitrogen and oxygen atoms in total. The van der Waals surface area contributed by atoms with Gasteiger partial charge in [-0.1, -0.05) is 0 Å². The highest BCUT2D eigenvalue weighted by molar-refractivity contribution is 7.14. The summed E-state index contributed by atoms with van der Waals surface area (Å²) < 4.78 is 46.1. The van der Waals surface area contributed by atoms with E-state index in [1.807, 2.05) is 0 Å². The van der Waals surface area contributed by atoms with E-state index in [0.717, 1.165) is 0 Å². The Bertz CT molecular complexity index is 1030. The normalized spacial score (nSPS) is 11.2. The predicted molar refractivity (Wildman–Crippen MR) is 104 cm³/mol. The van der Waals surface area contributed by atoms with Gasteiger partial charge >= 0.3 is 6.18 Å². The summed E-state index contributed by atoms with van der Waals surface area (Å²) in [6, 6.07) is 7.07. The maximum atomic E-state index is 12.2. The summed E-state index contributed by atoms with van der Waals surface area (Å²) in [5.41, 5.74) is 1.26. The van der Waals surface area contributed by atoms with Crippen molar-refractivity contribution in [2.75, 3.05) is 17.2 Å². The Morgan fingerprint density at radius 2 is 1.90 bits per heavy atom. The lowest BCUT2D eigenvalue weighted by Gasteiger charge is -2.10. The second-order valence-corrected chi connectivity index (χ2v) is 7.00. The van der Waals surface area contributed by atoms with Crippen LogP contribution in [0.4, 0.5) is 24.0 Å². The van der Waals surface area contributed by atoms with E-state index >= 15 is 0 Å². The fourth-order valence-electron chi connectivity index (χ4n) is 2.40. The lowest BCUT2D eigenvalue weighted by molar-refractivity contribution is -0.153. The Hall–Kier alpha value is -3.34. The lowest BCUT2D eigenvalue weighted by atomic mass is 10.2. The van der Waals surface area contributed by atoms with Gasteiger partial charge in [-0.25, -0.2) is 4.98 Å². The van der Waals surface area contributed by atoms with E-state index in [4.69, 9.17) is 4.42 Å². The Morgan fingerprint density at radius 1 is 1.17 bits per heavy atom. The van der Waals surface area contributed by atoms with Crippen molar-refractivity contribution >= 4 is 34.0 Å². The molecule has 3 rings (SSSR count). The van der Waals surface area contributed by atoms with E-state index in [0.29, 0.717) is 27.8 Å².